The third kappa shape index (κ3) is 5.48. The Bertz CT molecular complexity index is 226. The Hall–Kier alpha value is -0.650. The van der Waals surface area contributed by atoms with Gasteiger partial charge in [0.05, 0.1) is 6.61 Å². The van der Waals surface area contributed by atoms with E-state index in [1.165, 1.54) is 0 Å². The van der Waals surface area contributed by atoms with E-state index >= 15 is 0 Å². The monoisotopic (exact) mass is 243 g/mol. The maximum atomic E-state index is 11.9. The van der Waals surface area contributed by atoms with E-state index in [-0.39, 0.29) is 11.9 Å². The molecule has 100 valence electrons. The normalized spacial score (nSPS) is 19.4. The van der Waals surface area contributed by atoms with Crippen LogP contribution in [-0.2, 0) is 9.53 Å². The summed E-state index contributed by atoms with van der Waals surface area (Å²) in [6.07, 6.45) is 1.36. The van der Waals surface area contributed by atoms with Gasteiger partial charge in [-0.1, -0.05) is 0 Å². The highest BCUT2D eigenvalue weighted by molar-refractivity contribution is 5.76. The Morgan fingerprint density at radius 1 is 1.35 bits per heavy atom. The molecule has 1 heterocycles. The van der Waals surface area contributed by atoms with Crippen molar-refractivity contribution in [3.8, 4) is 0 Å². The first-order valence-electron chi connectivity index (χ1n) is 6.38. The van der Waals surface area contributed by atoms with E-state index in [0.717, 1.165) is 45.8 Å². The molecular formula is C12H25N3O2. The number of nitrogens with two attached hydrogens (primary N) is 1. The number of amides is 1. The second kappa shape index (κ2) is 7.63. The number of carbonyl (C=O) groups excluding carboxylic acids is 1. The Morgan fingerprint density at radius 2 is 2.00 bits per heavy atom. The van der Waals surface area contributed by atoms with Crippen LogP contribution in [0.1, 0.15) is 19.8 Å². The first kappa shape index (κ1) is 14.4. The number of ether oxygens (including phenoxy) is 1. The topological polar surface area (TPSA) is 58.8 Å². The molecule has 1 fully saturated rings. The molecule has 1 aliphatic heterocycles. The molecule has 1 unspecified atom stereocenters. The molecule has 0 aromatic carbocycles. The Morgan fingerprint density at radius 3 is 2.53 bits per heavy atom. The lowest BCUT2D eigenvalue weighted by Gasteiger charge is -2.34. The van der Waals surface area contributed by atoms with Gasteiger partial charge in [0.15, 0.2) is 0 Å². The highest BCUT2D eigenvalue weighted by atomic mass is 16.5. The van der Waals surface area contributed by atoms with Crippen LogP contribution in [0.2, 0.25) is 0 Å². The van der Waals surface area contributed by atoms with Gasteiger partial charge in [0.1, 0.15) is 0 Å². The summed E-state index contributed by atoms with van der Waals surface area (Å²) in [4.78, 5) is 16.1. The number of carbonyl (C=O) groups is 1. The van der Waals surface area contributed by atoms with Crippen molar-refractivity contribution in [2.24, 2.45) is 5.73 Å². The minimum atomic E-state index is 0.113. The molecule has 1 rings (SSSR count). The molecule has 0 saturated carbocycles. The minimum absolute atomic E-state index is 0.113. The number of hydrogen-bond donors (Lipinski definition) is 1. The van der Waals surface area contributed by atoms with Crippen LogP contribution in [0.25, 0.3) is 0 Å². The van der Waals surface area contributed by atoms with Crippen molar-refractivity contribution in [1.29, 1.82) is 0 Å². The van der Waals surface area contributed by atoms with Crippen LogP contribution < -0.4 is 5.73 Å². The standard InChI is InChI=1S/C12H25N3O2/c1-11(13)3-4-12(16)15-7-5-14(6-8-15)9-10-17-2/h11H,3-10,13H2,1-2H3. The summed E-state index contributed by atoms with van der Waals surface area (Å²) in [7, 11) is 1.72. The lowest BCUT2D eigenvalue weighted by Crippen LogP contribution is -2.49. The SMILES string of the molecule is COCCN1CCN(C(=O)CCC(C)N)CC1. The fourth-order valence-corrected chi connectivity index (χ4v) is 1.95. The zero-order valence-corrected chi connectivity index (χ0v) is 11.0. The maximum absolute atomic E-state index is 11.9. The molecule has 1 saturated heterocycles. The highest BCUT2D eigenvalue weighted by Gasteiger charge is 2.20. The van der Waals surface area contributed by atoms with Crippen molar-refractivity contribution < 1.29 is 9.53 Å². The van der Waals surface area contributed by atoms with Crippen molar-refractivity contribution >= 4 is 5.91 Å². The molecule has 0 aromatic heterocycles. The van der Waals surface area contributed by atoms with E-state index < -0.39 is 0 Å². The van der Waals surface area contributed by atoms with Crippen LogP contribution in [0, 0.1) is 0 Å². The molecule has 5 nitrogen and oxygen atoms in total. The zero-order valence-electron chi connectivity index (χ0n) is 11.0. The minimum Gasteiger partial charge on any atom is -0.383 e. The van der Waals surface area contributed by atoms with E-state index in [4.69, 9.17) is 10.5 Å². The lowest BCUT2D eigenvalue weighted by molar-refractivity contribution is -0.133. The third-order valence-corrected chi connectivity index (χ3v) is 3.15. The van der Waals surface area contributed by atoms with Crippen LogP contribution in [0.5, 0.6) is 0 Å². The Kier molecular flexibility index (Phi) is 6.47. The Balaban J connectivity index is 2.19. The number of rotatable bonds is 6. The first-order valence-corrected chi connectivity index (χ1v) is 6.38. The van der Waals surface area contributed by atoms with Crippen LogP contribution in [0.4, 0.5) is 0 Å². The van der Waals surface area contributed by atoms with Crippen molar-refractivity contribution in [1.82, 2.24) is 9.80 Å². The van der Waals surface area contributed by atoms with E-state index in [9.17, 15) is 4.79 Å². The molecule has 0 aromatic rings. The van der Waals surface area contributed by atoms with Crippen LogP contribution in [0.3, 0.4) is 0 Å². The van der Waals surface area contributed by atoms with E-state index in [2.05, 4.69) is 4.90 Å². The fraction of sp³-hybridized carbons (Fsp3) is 0.917. The number of nitrogens with zero attached hydrogens (tertiary/aromatic N) is 2. The fourth-order valence-electron chi connectivity index (χ4n) is 1.95. The summed E-state index contributed by atoms with van der Waals surface area (Å²) in [5, 5.41) is 0. The van der Waals surface area contributed by atoms with Gasteiger partial charge in [0, 0.05) is 52.3 Å². The second-order valence-electron chi connectivity index (χ2n) is 4.73. The van der Waals surface area contributed by atoms with E-state index in [1.807, 2.05) is 11.8 Å². The largest absolute Gasteiger partial charge is 0.383 e. The molecule has 0 bridgehead atoms. The molecule has 2 N–H and O–H groups in total. The average Bonchev–Trinajstić information content (AvgIpc) is 2.34. The van der Waals surface area contributed by atoms with Gasteiger partial charge < -0.3 is 15.4 Å². The molecule has 1 amide bonds. The number of methoxy groups -OCH3 is 1. The molecular weight excluding hydrogens is 218 g/mol. The van der Waals surface area contributed by atoms with Gasteiger partial charge in [0.2, 0.25) is 5.91 Å². The predicted octanol–water partition coefficient (Wildman–Crippen LogP) is -0.0956. The summed E-state index contributed by atoms with van der Waals surface area (Å²) >= 11 is 0. The van der Waals surface area contributed by atoms with Crippen molar-refractivity contribution in [2.75, 3.05) is 46.4 Å². The average molecular weight is 243 g/mol. The predicted molar refractivity (Wildman–Crippen MR) is 67.8 cm³/mol. The second-order valence-corrected chi connectivity index (χ2v) is 4.73. The first-order chi connectivity index (χ1) is 8.13. The quantitative estimate of drug-likeness (QED) is 0.708. The molecule has 17 heavy (non-hydrogen) atoms. The molecule has 0 aliphatic carbocycles. The van der Waals surface area contributed by atoms with Crippen LogP contribution in [-0.4, -0.2) is 68.2 Å². The zero-order chi connectivity index (χ0) is 12.7. The van der Waals surface area contributed by atoms with Gasteiger partial charge >= 0.3 is 0 Å². The van der Waals surface area contributed by atoms with Gasteiger partial charge in [-0.05, 0) is 13.3 Å². The lowest BCUT2D eigenvalue weighted by atomic mass is 10.1. The van der Waals surface area contributed by atoms with Gasteiger partial charge in [0.25, 0.3) is 0 Å². The molecule has 0 spiro atoms. The van der Waals surface area contributed by atoms with Crippen molar-refractivity contribution in [3.63, 3.8) is 0 Å². The van der Waals surface area contributed by atoms with Crippen LogP contribution in [0.15, 0.2) is 0 Å². The Labute approximate surface area is 104 Å². The summed E-state index contributed by atoms with van der Waals surface area (Å²) < 4.78 is 5.05. The van der Waals surface area contributed by atoms with E-state index in [0.29, 0.717) is 6.42 Å². The number of hydrogen-bond acceptors (Lipinski definition) is 4. The van der Waals surface area contributed by atoms with Crippen molar-refractivity contribution in [3.05, 3.63) is 0 Å². The maximum Gasteiger partial charge on any atom is 0.222 e. The highest BCUT2D eigenvalue weighted by Crippen LogP contribution is 2.05. The van der Waals surface area contributed by atoms with Crippen molar-refractivity contribution in [2.45, 2.75) is 25.8 Å². The molecule has 5 heteroatoms. The summed E-state index contributed by atoms with van der Waals surface area (Å²) in [5.74, 6) is 0.244. The summed E-state index contributed by atoms with van der Waals surface area (Å²) in [5.41, 5.74) is 5.65. The van der Waals surface area contributed by atoms with Gasteiger partial charge in [-0.25, -0.2) is 0 Å². The summed E-state index contributed by atoms with van der Waals surface area (Å²) in [6.45, 7) is 7.23. The smallest absolute Gasteiger partial charge is 0.222 e. The van der Waals surface area contributed by atoms with Gasteiger partial charge in [-0.2, -0.15) is 0 Å². The third-order valence-electron chi connectivity index (χ3n) is 3.15. The molecule has 1 atom stereocenters. The molecule has 0 radical (unpaired) electrons. The van der Waals surface area contributed by atoms with E-state index in [1.54, 1.807) is 7.11 Å². The summed E-state index contributed by atoms with van der Waals surface area (Å²) in [6, 6.07) is 0.113. The molecule has 1 aliphatic rings. The van der Waals surface area contributed by atoms with Gasteiger partial charge in [-0.3, -0.25) is 9.69 Å². The van der Waals surface area contributed by atoms with Gasteiger partial charge in [-0.15, -0.1) is 0 Å². The van der Waals surface area contributed by atoms with Crippen LogP contribution >= 0.6 is 0 Å². The number of piperazine rings is 1.